The van der Waals surface area contributed by atoms with Crippen LogP contribution >= 0.6 is 0 Å². The number of carbonyl (C=O) groups is 1. The summed E-state index contributed by atoms with van der Waals surface area (Å²) in [5.74, 6) is 1.05. The first-order valence-corrected chi connectivity index (χ1v) is 6.65. The minimum atomic E-state index is -0.117. The highest BCUT2D eigenvalue weighted by atomic mass is 16.5. The summed E-state index contributed by atoms with van der Waals surface area (Å²) in [5.41, 5.74) is 2.63. The van der Waals surface area contributed by atoms with E-state index in [1.54, 1.807) is 38.5 Å². The lowest BCUT2D eigenvalue weighted by molar-refractivity contribution is 0.104. The molecule has 0 saturated heterocycles. The van der Waals surface area contributed by atoms with Crippen LogP contribution in [0.1, 0.15) is 21.5 Å². The summed E-state index contributed by atoms with van der Waals surface area (Å²) in [7, 11) is 3.11. The number of rotatable bonds is 5. The van der Waals surface area contributed by atoms with Crippen LogP contribution in [-0.2, 0) is 0 Å². The van der Waals surface area contributed by atoms with Gasteiger partial charge in [-0.3, -0.25) is 4.79 Å². The van der Waals surface area contributed by atoms with E-state index in [1.807, 2.05) is 37.3 Å². The average molecular weight is 282 g/mol. The lowest BCUT2D eigenvalue weighted by Gasteiger charge is -2.08. The molecule has 0 spiro atoms. The van der Waals surface area contributed by atoms with Crippen LogP contribution in [0.25, 0.3) is 6.08 Å². The lowest BCUT2D eigenvalue weighted by Crippen LogP contribution is -2.00. The first-order valence-electron chi connectivity index (χ1n) is 6.65. The molecule has 0 aliphatic carbocycles. The second kappa shape index (κ2) is 6.75. The Morgan fingerprint density at radius 1 is 1.05 bits per heavy atom. The number of aryl methyl sites for hydroxylation is 1. The minimum absolute atomic E-state index is 0.117. The lowest BCUT2D eigenvalue weighted by atomic mass is 10.1. The number of hydrogen-bond donors (Lipinski definition) is 0. The Balaban J connectivity index is 2.30. The third-order valence-electron chi connectivity index (χ3n) is 3.27. The summed E-state index contributed by atoms with van der Waals surface area (Å²) in [6.07, 6.45) is 3.37. The number of ketones is 1. The van der Waals surface area contributed by atoms with Crippen molar-refractivity contribution in [3.05, 3.63) is 65.2 Å². The Morgan fingerprint density at radius 3 is 2.48 bits per heavy atom. The van der Waals surface area contributed by atoms with Crippen LogP contribution in [0.2, 0.25) is 0 Å². The van der Waals surface area contributed by atoms with E-state index in [2.05, 4.69) is 0 Å². The van der Waals surface area contributed by atoms with Crippen molar-refractivity contribution in [1.82, 2.24) is 0 Å². The zero-order valence-electron chi connectivity index (χ0n) is 12.4. The van der Waals surface area contributed by atoms with Gasteiger partial charge in [-0.05, 0) is 42.3 Å². The molecule has 2 rings (SSSR count). The molecule has 0 radical (unpaired) electrons. The van der Waals surface area contributed by atoms with Crippen LogP contribution in [0.15, 0.2) is 48.5 Å². The van der Waals surface area contributed by atoms with E-state index in [-0.39, 0.29) is 5.78 Å². The number of methoxy groups -OCH3 is 2. The van der Waals surface area contributed by atoms with Gasteiger partial charge in [-0.25, -0.2) is 0 Å². The minimum Gasteiger partial charge on any atom is -0.497 e. The predicted octanol–water partition coefficient (Wildman–Crippen LogP) is 3.91. The molecule has 2 aromatic rings. The molecule has 0 amide bonds. The van der Waals surface area contributed by atoms with Gasteiger partial charge in [0.25, 0.3) is 0 Å². The third kappa shape index (κ3) is 3.51. The van der Waals surface area contributed by atoms with Gasteiger partial charge in [0.1, 0.15) is 11.5 Å². The molecule has 0 N–H and O–H groups in total. The maximum absolute atomic E-state index is 12.4. The molecule has 0 saturated carbocycles. The number of hydrogen-bond acceptors (Lipinski definition) is 3. The highest BCUT2D eigenvalue weighted by Gasteiger charge is 2.11. The second-order valence-electron chi connectivity index (χ2n) is 4.62. The van der Waals surface area contributed by atoms with Crippen molar-refractivity contribution >= 4 is 11.9 Å². The molecule has 0 aromatic heterocycles. The molecular weight excluding hydrogens is 264 g/mol. The van der Waals surface area contributed by atoms with Crippen molar-refractivity contribution in [2.75, 3.05) is 14.2 Å². The van der Waals surface area contributed by atoms with Gasteiger partial charge in [0.15, 0.2) is 5.78 Å². The van der Waals surface area contributed by atoms with Crippen LogP contribution in [0, 0.1) is 6.92 Å². The number of benzene rings is 2. The van der Waals surface area contributed by atoms with Crippen molar-refractivity contribution in [2.45, 2.75) is 6.92 Å². The van der Waals surface area contributed by atoms with Crippen LogP contribution in [0.3, 0.4) is 0 Å². The Hall–Kier alpha value is -2.55. The first-order chi connectivity index (χ1) is 10.2. The standard InChI is InChI=1S/C18H18O3/c1-13-6-4-5-7-14(13)8-10-17(19)16-12-15(20-2)9-11-18(16)21-3/h4-12H,1-3H3. The number of carbonyl (C=O) groups excluding carboxylic acids is 1. The number of ether oxygens (including phenoxy) is 2. The molecule has 0 aliphatic heterocycles. The molecule has 0 heterocycles. The predicted molar refractivity (Wildman–Crippen MR) is 84.1 cm³/mol. The molecule has 108 valence electrons. The van der Waals surface area contributed by atoms with E-state index in [0.717, 1.165) is 11.1 Å². The van der Waals surface area contributed by atoms with Crippen LogP contribution in [-0.4, -0.2) is 20.0 Å². The topological polar surface area (TPSA) is 35.5 Å². The van der Waals surface area contributed by atoms with Gasteiger partial charge in [0.05, 0.1) is 19.8 Å². The van der Waals surface area contributed by atoms with E-state index in [9.17, 15) is 4.79 Å². The quantitative estimate of drug-likeness (QED) is 0.616. The van der Waals surface area contributed by atoms with Crippen LogP contribution < -0.4 is 9.47 Å². The number of allylic oxidation sites excluding steroid dienone is 1. The van der Waals surface area contributed by atoms with Gasteiger partial charge in [0.2, 0.25) is 0 Å². The normalized spacial score (nSPS) is 10.6. The molecule has 3 heteroatoms. The second-order valence-corrected chi connectivity index (χ2v) is 4.62. The molecule has 0 aliphatic rings. The summed E-state index contributed by atoms with van der Waals surface area (Å²) >= 11 is 0. The van der Waals surface area contributed by atoms with Crippen molar-refractivity contribution < 1.29 is 14.3 Å². The van der Waals surface area contributed by atoms with Crippen LogP contribution in [0.4, 0.5) is 0 Å². The summed E-state index contributed by atoms with van der Waals surface area (Å²) < 4.78 is 10.4. The first kappa shape index (κ1) is 14.9. The summed E-state index contributed by atoms with van der Waals surface area (Å²) in [6.45, 7) is 2.01. The van der Waals surface area contributed by atoms with E-state index < -0.39 is 0 Å². The van der Waals surface area contributed by atoms with Gasteiger partial charge in [-0.2, -0.15) is 0 Å². The Bertz CT molecular complexity index is 672. The molecular formula is C18H18O3. The zero-order valence-corrected chi connectivity index (χ0v) is 12.4. The zero-order chi connectivity index (χ0) is 15.2. The SMILES string of the molecule is COc1ccc(OC)c(C(=O)C=Cc2ccccc2C)c1. The maximum atomic E-state index is 12.4. The smallest absolute Gasteiger partial charge is 0.189 e. The molecule has 2 aromatic carbocycles. The van der Waals surface area contributed by atoms with Crippen molar-refractivity contribution in [3.63, 3.8) is 0 Å². The van der Waals surface area contributed by atoms with Crippen LogP contribution in [0.5, 0.6) is 11.5 Å². The molecule has 0 fully saturated rings. The van der Waals surface area contributed by atoms with Gasteiger partial charge in [-0.15, -0.1) is 0 Å². The summed E-state index contributed by atoms with van der Waals surface area (Å²) in [5, 5.41) is 0. The van der Waals surface area contributed by atoms with Gasteiger partial charge in [0, 0.05) is 0 Å². The summed E-state index contributed by atoms with van der Waals surface area (Å²) in [4.78, 5) is 12.4. The van der Waals surface area contributed by atoms with Gasteiger partial charge < -0.3 is 9.47 Å². The van der Waals surface area contributed by atoms with E-state index in [4.69, 9.17) is 9.47 Å². The monoisotopic (exact) mass is 282 g/mol. The van der Waals surface area contributed by atoms with E-state index in [1.165, 1.54) is 0 Å². The largest absolute Gasteiger partial charge is 0.497 e. The maximum Gasteiger partial charge on any atom is 0.189 e. The Morgan fingerprint density at radius 2 is 1.81 bits per heavy atom. The average Bonchev–Trinajstić information content (AvgIpc) is 2.53. The van der Waals surface area contributed by atoms with Crippen molar-refractivity contribution in [1.29, 1.82) is 0 Å². The highest BCUT2D eigenvalue weighted by molar-refractivity contribution is 6.09. The van der Waals surface area contributed by atoms with E-state index in [0.29, 0.717) is 17.1 Å². The molecule has 21 heavy (non-hydrogen) atoms. The molecule has 3 nitrogen and oxygen atoms in total. The van der Waals surface area contributed by atoms with Gasteiger partial charge >= 0.3 is 0 Å². The van der Waals surface area contributed by atoms with Gasteiger partial charge in [-0.1, -0.05) is 30.3 Å². The molecule has 0 bridgehead atoms. The molecule has 0 atom stereocenters. The molecule has 0 unspecified atom stereocenters. The Labute approximate surface area is 124 Å². The van der Waals surface area contributed by atoms with E-state index >= 15 is 0 Å². The third-order valence-corrected chi connectivity index (χ3v) is 3.27. The fraction of sp³-hybridized carbons (Fsp3) is 0.167. The van der Waals surface area contributed by atoms with Crippen molar-refractivity contribution in [2.24, 2.45) is 0 Å². The van der Waals surface area contributed by atoms with Crippen molar-refractivity contribution in [3.8, 4) is 11.5 Å². The fourth-order valence-corrected chi connectivity index (χ4v) is 2.04. The highest BCUT2D eigenvalue weighted by Crippen LogP contribution is 2.25. The fourth-order valence-electron chi connectivity index (χ4n) is 2.04. The Kier molecular flexibility index (Phi) is 4.77. The summed E-state index contributed by atoms with van der Waals surface area (Å²) in [6, 6.07) is 13.1.